The number of aromatic nitrogens is 3. The largest absolute Gasteiger partial charge is 0.352 e. The topological polar surface area (TPSA) is 62.7 Å². The number of nitrogens with one attached hydrogen (secondary N) is 2. The van der Waals surface area contributed by atoms with Gasteiger partial charge in [0.1, 0.15) is 0 Å². The van der Waals surface area contributed by atoms with Crippen LogP contribution in [-0.4, -0.2) is 50.1 Å². The number of hydrogen-bond donors (Lipinski definition) is 2. The molecular formula is C11H24AlN5S. The Bertz CT molecular complexity index is 331. The molecule has 0 fully saturated rings. The maximum Gasteiger partial charge on any atom is 0.228 e. The number of nitrogens with zero attached hydrogens (tertiary/aromatic N) is 3. The number of hydrogen-bond acceptors (Lipinski definition) is 6. The van der Waals surface area contributed by atoms with Gasteiger partial charge in [-0.15, -0.1) is 0 Å². The van der Waals surface area contributed by atoms with E-state index < -0.39 is 0 Å². The Morgan fingerprint density at radius 3 is 1.72 bits per heavy atom. The van der Waals surface area contributed by atoms with Crippen LogP contribution in [0.15, 0.2) is 5.16 Å². The van der Waals surface area contributed by atoms with Crippen LogP contribution >= 0.6 is 11.8 Å². The minimum Gasteiger partial charge on any atom is -0.352 e. The lowest BCUT2D eigenvalue weighted by atomic mass is 10.4. The molecular weight excluding hydrogens is 261 g/mol. The Morgan fingerprint density at radius 1 is 0.944 bits per heavy atom. The van der Waals surface area contributed by atoms with Gasteiger partial charge in [-0.05, 0) is 33.4 Å². The lowest BCUT2D eigenvalue weighted by molar-refractivity contribution is 0.812. The smallest absolute Gasteiger partial charge is 0.228 e. The minimum absolute atomic E-state index is 0. The first-order valence-electron chi connectivity index (χ1n) is 5.93. The van der Waals surface area contributed by atoms with Crippen molar-refractivity contribution in [2.45, 2.75) is 51.9 Å². The van der Waals surface area contributed by atoms with Crippen molar-refractivity contribution >= 4 is 41.0 Å². The molecule has 0 unspecified atom stereocenters. The summed E-state index contributed by atoms with van der Waals surface area (Å²) < 4.78 is 0. The zero-order valence-electron chi connectivity index (χ0n) is 11.1. The average molecular weight is 285 g/mol. The highest BCUT2D eigenvalue weighted by Crippen LogP contribution is 2.16. The Hall–Kier alpha value is -0.508. The van der Waals surface area contributed by atoms with Gasteiger partial charge in [0.15, 0.2) is 22.5 Å². The molecule has 0 spiro atoms. The van der Waals surface area contributed by atoms with E-state index in [4.69, 9.17) is 0 Å². The van der Waals surface area contributed by atoms with Crippen LogP contribution in [0.2, 0.25) is 0 Å². The molecule has 1 heterocycles. The molecule has 0 aliphatic rings. The molecule has 1 aromatic heterocycles. The third kappa shape index (κ3) is 6.43. The fourth-order valence-corrected chi connectivity index (χ4v) is 1.76. The standard InChI is InChI=1S/C11H21N5S.Al.3H/c1-6-17-11-15-9(12-7(2)3)14-10(16-11)13-8(4)5;;;;/h7-8H,6H2,1-5H3,(H2,12,13,14,15,16);;;;. The zero-order valence-corrected chi connectivity index (χ0v) is 11.9. The SMILES string of the molecule is CCSc1nc(NC(C)C)nc(NC(C)C)n1.[AlH3]. The maximum atomic E-state index is 4.36. The van der Waals surface area contributed by atoms with E-state index in [0.717, 1.165) is 10.9 Å². The predicted molar refractivity (Wildman–Crippen MR) is 83.7 cm³/mol. The van der Waals surface area contributed by atoms with Gasteiger partial charge in [0.25, 0.3) is 0 Å². The molecule has 0 radical (unpaired) electrons. The number of thioether (sulfide) groups is 1. The quantitative estimate of drug-likeness (QED) is 0.609. The predicted octanol–water partition coefficient (Wildman–Crippen LogP) is 1.44. The van der Waals surface area contributed by atoms with Gasteiger partial charge >= 0.3 is 0 Å². The highest BCUT2D eigenvalue weighted by atomic mass is 32.2. The molecule has 102 valence electrons. The summed E-state index contributed by atoms with van der Waals surface area (Å²) in [5, 5.41) is 7.16. The lowest BCUT2D eigenvalue weighted by Gasteiger charge is -2.12. The third-order valence-electron chi connectivity index (χ3n) is 1.72. The van der Waals surface area contributed by atoms with E-state index in [1.54, 1.807) is 11.8 Å². The van der Waals surface area contributed by atoms with Crippen molar-refractivity contribution in [3.05, 3.63) is 0 Å². The molecule has 0 aliphatic heterocycles. The first-order chi connectivity index (χ1) is 8.01. The molecule has 0 bridgehead atoms. The summed E-state index contributed by atoms with van der Waals surface area (Å²) in [4.78, 5) is 13.1. The molecule has 2 N–H and O–H groups in total. The summed E-state index contributed by atoms with van der Waals surface area (Å²) in [5.41, 5.74) is 0. The summed E-state index contributed by atoms with van der Waals surface area (Å²) in [6.45, 7) is 10.3. The second-order valence-electron chi connectivity index (χ2n) is 4.30. The van der Waals surface area contributed by atoms with Gasteiger partial charge in [0.2, 0.25) is 11.9 Å². The first-order valence-corrected chi connectivity index (χ1v) is 6.91. The van der Waals surface area contributed by atoms with Gasteiger partial charge in [-0.1, -0.05) is 18.7 Å². The third-order valence-corrected chi connectivity index (χ3v) is 2.45. The average Bonchev–Trinajstić information content (AvgIpc) is 2.14. The van der Waals surface area contributed by atoms with E-state index in [-0.39, 0.29) is 17.4 Å². The summed E-state index contributed by atoms with van der Waals surface area (Å²) >= 11 is 1.62. The molecule has 1 aromatic rings. The van der Waals surface area contributed by atoms with Crippen LogP contribution in [0.4, 0.5) is 11.9 Å². The molecule has 0 aliphatic carbocycles. The van der Waals surface area contributed by atoms with Crippen LogP contribution in [0.3, 0.4) is 0 Å². The summed E-state index contributed by atoms with van der Waals surface area (Å²) in [6.07, 6.45) is 0. The molecule has 18 heavy (non-hydrogen) atoms. The van der Waals surface area contributed by atoms with Gasteiger partial charge in [-0.25, -0.2) is 0 Å². The number of rotatable bonds is 6. The van der Waals surface area contributed by atoms with E-state index in [9.17, 15) is 0 Å². The molecule has 0 saturated carbocycles. The molecule has 0 saturated heterocycles. The summed E-state index contributed by atoms with van der Waals surface area (Å²) in [5.74, 6) is 2.22. The fraction of sp³-hybridized carbons (Fsp3) is 0.727. The second kappa shape index (κ2) is 8.57. The van der Waals surface area contributed by atoms with Gasteiger partial charge in [-0.2, -0.15) is 15.0 Å². The monoisotopic (exact) mass is 285 g/mol. The molecule has 0 aromatic carbocycles. The Balaban J connectivity index is 0.00000289. The summed E-state index contributed by atoms with van der Waals surface area (Å²) in [6, 6.07) is 0.618. The Kier molecular flexibility index (Phi) is 8.33. The van der Waals surface area contributed by atoms with Crippen LogP contribution in [0.5, 0.6) is 0 Å². The van der Waals surface area contributed by atoms with Gasteiger partial charge in [0, 0.05) is 12.1 Å². The molecule has 5 nitrogen and oxygen atoms in total. The van der Waals surface area contributed by atoms with Crippen molar-refractivity contribution in [3.63, 3.8) is 0 Å². The van der Waals surface area contributed by atoms with E-state index >= 15 is 0 Å². The van der Waals surface area contributed by atoms with Crippen molar-refractivity contribution in [1.29, 1.82) is 0 Å². The van der Waals surface area contributed by atoms with Crippen molar-refractivity contribution in [3.8, 4) is 0 Å². The van der Waals surface area contributed by atoms with Crippen LogP contribution < -0.4 is 10.6 Å². The van der Waals surface area contributed by atoms with E-state index in [2.05, 4.69) is 60.2 Å². The van der Waals surface area contributed by atoms with Crippen LogP contribution in [0.25, 0.3) is 0 Å². The van der Waals surface area contributed by atoms with E-state index in [0.29, 0.717) is 24.0 Å². The Morgan fingerprint density at radius 2 is 1.39 bits per heavy atom. The summed E-state index contributed by atoms with van der Waals surface area (Å²) in [7, 11) is 0. The zero-order chi connectivity index (χ0) is 12.8. The van der Waals surface area contributed by atoms with E-state index in [1.165, 1.54) is 0 Å². The minimum atomic E-state index is 0. The maximum absolute atomic E-state index is 4.36. The van der Waals surface area contributed by atoms with Crippen LogP contribution in [0.1, 0.15) is 34.6 Å². The lowest BCUT2D eigenvalue weighted by Crippen LogP contribution is -2.17. The normalized spacial score (nSPS) is 10.4. The van der Waals surface area contributed by atoms with Gasteiger partial charge in [0.05, 0.1) is 0 Å². The van der Waals surface area contributed by atoms with Crippen molar-refractivity contribution in [2.75, 3.05) is 16.4 Å². The van der Waals surface area contributed by atoms with Crippen molar-refractivity contribution < 1.29 is 0 Å². The molecule has 1 rings (SSSR count). The van der Waals surface area contributed by atoms with E-state index in [1.807, 2.05) is 0 Å². The Labute approximate surface area is 124 Å². The van der Waals surface area contributed by atoms with Crippen molar-refractivity contribution in [2.24, 2.45) is 0 Å². The first kappa shape index (κ1) is 17.5. The van der Waals surface area contributed by atoms with Gasteiger partial charge < -0.3 is 10.6 Å². The molecule has 7 heteroatoms. The number of anilines is 2. The highest BCUT2D eigenvalue weighted by Gasteiger charge is 2.08. The van der Waals surface area contributed by atoms with Crippen LogP contribution in [-0.2, 0) is 0 Å². The highest BCUT2D eigenvalue weighted by molar-refractivity contribution is 7.99. The second-order valence-corrected chi connectivity index (χ2v) is 5.53. The van der Waals surface area contributed by atoms with Crippen LogP contribution in [0, 0.1) is 0 Å². The van der Waals surface area contributed by atoms with Crippen molar-refractivity contribution in [1.82, 2.24) is 15.0 Å². The van der Waals surface area contributed by atoms with Gasteiger partial charge in [-0.3, -0.25) is 0 Å². The fourth-order valence-electron chi connectivity index (χ4n) is 1.20. The molecule has 0 atom stereocenters. The molecule has 0 amide bonds.